The maximum Gasteiger partial charge on any atom is 0.299 e. The van der Waals surface area contributed by atoms with Crippen molar-refractivity contribution in [3.05, 3.63) is 45.3 Å². The molecule has 0 atom stereocenters. The molecule has 2 aromatic carbocycles. The summed E-state index contributed by atoms with van der Waals surface area (Å²) in [6.07, 6.45) is 0. The van der Waals surface area contributed by atoms with Gasteiger partial charge in [0.15, 0.2) is 5.75 Å². The smallest absolute Gasteiger partial charge is 0.299 e. The first-order chi connectivity index (χ1) is 10.7. The zero-order chi connectivity index (χ0) is 17.4. The highest BCUT2D eigenvalue weighted by molar-refractivity contribution is 7.91. The lowest BCUT2D eigenvalue weighted by atomic mass is 10.1. The Morgan fingerprint density at radius 3 is 2.43 bits per heavy atom. The lowest BCUT2D eigenvalue weighted by Crippen LogP contribution is -2.55. The summed E-state index contributed by atoms with van der Waals surface area (Å²) in [5.41, 5.74) is -0.230. The van der Waals surface area contributed by atoms with Crippen LogP contribution in [0.3, 0.4) is 0 Å². The van der Waals surface area contributed by atoms with Crippen LogP contribution in [0.4, 0.5) is 5.69 Å². The third kappa shape index (κ3) is 2.84. The Labute approximate surface area is 136 Å². The number of phenols is 2. The molecule has 0 unspecified atom stereocenters. The molecule has 0 spiro atoms. The molecule has 0 aromatic heterocycles. The van der Waals surface area contributed by atoms with Crippen LogP contribution in [0.5, 0.6) is 11.5 Å². The highest BCUT2D eigenvalue weighted by Gasteiger charge is 2.27. The van der Waals surface area contributed by atoms with Crippen molar-refractivity contribution < 1.29 is 23.8 Å². The average Bonchev–Trinajstić information content (AvgIpc) is 2.51. The zero-order valence-electron chi connectivity index (χ0n) is 11.7. The van der Waals surface area contributed by atoms with Crippen LogP contribution in [0.15, 0.2) is 34.1 Å². The van der Waals surface area contributed by atoms with E-state index in [1.807, 2.05) is 6.07 Å². The minimum atomic E-state index is -4.18. The van der Waals surface area contributed by atoms with Gasteiger partial charge in [0.1, 0.15) is 0 Å². The van der Waals surface area contributed by atoms with Crippen molar-refractivity contribution in [3.8, 4) is 17.6 Å². The molecule has 2 rings (SSSR count). The Bertz CT molecular complexity index is 964. The average molecular weight is 354 g/mol. The molecule has 7 nitrogen and oxygen atoms in total. The number of sulfone groups is 1. The van der Waals surface area contributed by atoms with Gasteiger partial charge in [-0.25, -0.2) is 8.42 Å². The molecule has 0 fully saturated rings. The van der Waals surface area contributed by atoms with Crippen molar-refractivity contribution in [2.75, 3.05) is 0 Å². The molecule has 0 bridgehead atoms. The SMILES string of the molecule is Cc1c(C#N)cc(Cl)cc1S(=O)(=O)c1cc(O)c(O)c([NH+]=O)c1. The van der Waals surface area contributed by atoms with Crippen LogP contribution in [0.2, 0.25) is 5.02 Å². The maximum atomic E-state index is 12.7. The van der Waals surface area contributed by atoms with E-state index in [1.54, 1.807) is 0 Å². The fraction of sp³-hybridized carbons (Fsp3) is 0.0714. The van der Waals surface area contributed by atoms with E-state index < -0.39 is 31.9 Å². The van der Waals surface area contributed by atoms with E-state index in [9.17, 15) is 23.5 Å². The third-order valence-electron chi connectivity index (χ3n) is 3.22. The van der Waals surface area contributed by atoms with Gasteiger partial charge >= 0.3 is 0 Å². The quantitative estimate of drug-likeness (QED) is 0.712. The lowest BCUT2D eigenvalue weighted by molar-refractivity contribution is -0.380. The number of aromatic hydroxyl groups is 2. The van der Waals surface area contributed by atoms with Crippen LogP contribution in [0.1, 0.15) is 11.1 Å². The minimum absolute atomic E-state index is 0.0518. The number of nitrogens with one attached hydrogen (secondary N) is 1. The monoisotopic (exact) mass is 353 g/mol. The van der Waals surface area contributed by atoms with Gasteiger partial charge in [-0.2, -0.15) is 5.26 Å². The van der Waals surface area contributed by atoms with Crippen molar-refractivity contribution in [1.29, 1.82) is 5.26 Å². The first-order valence-electron chi connectivity index (χ1n) is 6.11. The van der Waals surface area contributed by atoms with Crippen molar-refractivity contribution in [2.24, 2.45) is 0 Å². The molecule has 0 saturated carbocycles. The second-order valence-electron chi connectivity index (χ2n) is 4.63. The van der Waals surface area contributed by atoms with Crippen molar-refractivity contribution in [3.63, 3.8) is 0 Å². The van der Waals surface area contributed by atoms with E-state index >= 15 is 0 Å². The molecule has 2 aromatic rings. The summed E-state index contributed by atoms with van der Waals surface area (Å²) in [5, 5.41) is 29.5. The second-order valence-corrected chi connectivity index (χ2v) is 6.99. The fourth-order valence-corrected chi connectivity index (χ4v) is 3.87. The second kappa shape index (κ2) is 5.87. The summed E-state index contributed by atoms with van der Waals surface area (Å²) in [5.74, 6) is -1.54. The van der Waals surface area contributed by atoms with Gasteiger partial charge in [0.25, 0.3) is 5.69 Å². The van der Waals surface area contributed by atoms with Gasteiger partial charge in [-0.05, 0) is 24.6 Å². The summed E-state index contributed by atoms with van der Waals surface area (Å²) >= 11 is 5.84. The molecular weight excluding hydrogens is 344 g/mol. The Morgan fingerprint density at radius 2 is 1.87 bits per heavy atom. The van der Waals surface area contributed by atoms with Crippen molar-refractivity contribution in [1.82, 2.24) is 0 Å². The Hall–Kier alpha value is -2.63. The van der Waals surface area contributed by atoms with Gasteiger partial charge in [-0.15, -0.1) is 0 Å². The molecule has 0 heterocycles. The van der Waals surface area contributed by atoms with Crippen LogP contribution in [-0.4, -0.2) is 18.6 Å². The van der Waals surface area contributed by atoms with Gasteiger partial charge in [0.2, 0.25) is 15.6 Å². The van der Waals surface area contributed by atoms with Crippen LogP contribution < -0.4 is 5.18 Å². The Kier molecular flexibility index (Phi) is 4.27. The van der Waals surface area contributed by atoms with Crippen molar-refractivity contribution >= 4 is 27.1 Å². The predicted molar refractivity (Wildman–Crippen MR) is 80.1 cm³/mol. The van der Waals surface area contributed by atoms with E-state index in [2.05, 4.69) is 0 Å². The molecule has 118 valence electrons. The van der Waals surface area contributed by atoms with E-state index in [0.717, 1.165) is 12.1 Å². The van der Waals surface area contributed by atoms with Gasteiger partial charge < -0.3 is 10.2 Å². The first-order valence-corrected chi connectivity index (χ1v) is 7.98. The number of nitriles is 1. The molecule has 0 aliphatic carbocycles. The summed E-state index contributed by atoms with van der Waals surface area (Å²) in [6, 6.07) is 6.02. The van der Waals surface area contributed by atoms with Crippen LogP contribution in [0.25, 0.3) is 0 Å². The van der Waals surface area contributed by atoms with Gasteiger partial charge in [-0.1, -0.05) is 11.6 Å². The van der Waals surface area contributed by atoms with Gasteiger partial charge in [0.05, 0.1) is 21.4 Å². The molecule has 0 amide bonds. The number of hydrogen-bond donors (Lipinski definition) is 3. The number of hydrogen-bond acceptors (Lipinski definition) is 6. The number of nitroso groups, excluding NO2 is 1. The lowest BCUT2D eigenvalue weighted by Gasteiger charge is -2.10. The fourth-order valence-electron chi connectivity index (χ4n) is 2.00. The molecular formula is C14H10ClN2O5S+. The topological polar surface area (TPSA) is 129 Å². The molecule has 0 aliphatic rings. The molecule has 3 N–H and O–H groups in total. The number of nitrogens with zero attached hydrogens (tertiary/aromatic N) is 1. The predicted octanol–water partition coefficient (Wildman–Crippen LogP) is 1.24. The highest BCUT2D eigenvalue weighted by Crippen LogP contribution is 2.36. The van der Waals surface area contributed by atoms with E-state index in [0.29, 0.717) is 0 Å². The first kappa shape index (κ1) is 16.7. The van der Waals surface area contributed by atoms with Crippen molar-refractivity contribution in [2.45, 2.75) is 16.7 Å². The molecule has 0 saturated heterocycles. The normalized spacial score (nSPS) is 11.0. The van der Waals surface area contributed by atoms with Gasteiger partial charge in [0, 0.05) is 27.2 Å². The number of benzene rings is 2. The van der Waals surface area contributed by atoms with Crippen LogP contribution in [0, 0.1) is 23.2 Å². The number of rotatable bonds is 3. The highest BCUT2D eigenvalue weighted by atomic mass is 35.5. The Morgan fingerprint density at radius 1 is 1.22 bits per heavy atom. The standard InChI is InChI=1S/C14H9ClN2O5S/c1-7-8(6-16)2-9(15)3-13(7)23(21,22)10-4-11(17-20)14(19)12(18)5-10/h2-5,18-19H,1H3/p+1. The molecule has 0 radical (unpaired) electrons. The number of phenolic OH excluding ortho intramolecular Hbond substituents is 2. The zero-order valence-corrected chi connectivity index (χ0v) is 13.2. The summed E-state index contributed by atoms with van der Waals surface area (Å²) in [6.45, 7) is 1.44. The van der Waals surface area contributed by atoms with E-state index in [-0.39, 0.29) is 21.0 Å². The molecule has 9 heteroatoms. The van der Waals surface area contributed by atoms with Gasteiger partial charge in [-0.3, -0.25) is 0 Å². The molecule has 23 heavy (non-hydrogen) atoms. The Balaban J connectivity index is 2.79. The molecule has 0 aliphatic heterocycles. The minimum Gasteiger partial charge on any atom is -0.504 e. The largest absolute Gasteiger partial charge is 0.504 e. The van der Waals surface area contributed by atoms with Crippen LogP contribution >= 0.6 is 11.6 Å². The number of halogens is 1. The summed E-state index contributed by atoms with van der Waals surface area (Å²) in [4.78, 5) is 10.1. The summed E-state index contributed by atoms with van der Waals surface area (Å²) in [7, 11) is -4.18. The summed E-state index contributed by atoms with van der Waals surface area (Å²) < 4.78 is 25.4. The van der Waals surface area contributed by atoms with Crippen LogP contribution in [-0.2, 0) is 9.84 Å². The van der Waals surface area contributed by atoms with E-state index in [4.69, 9.17) is 16.9 Å². The maximum absolute atomic E-state index is 12.7. The third-order valence-corrected chi connectivity index (χ3v) is 5.30. The van der Waals surface area contributed by atoms with E-state index in [1.165, 1.54) is 24.2 Å².